The first-order valence-electron chi connectivity index (χ1n) is 11.0. The van der Waals surface area contributed by atoms with E-state index >= 15 is 0 Å². The van der Waals surface area contributed by atoms with E-state index in [1.54, 1.807) is 0 Å². The van der Waals surface area contributed by atoms with Crippen LogP contribution in [0, 0.1) is 29.7 Å². The van der Waals surface area contributed by atoms with Crippen LogP contribution in [0.5, 0.6) is 0 Å². The summed E-state index contributed by atoms with van der Waals surface area (Å²) >= 11 is 0. The fourth-order valence-corrected chi connectivity index (χ4v) is 4.31. The van der Waals surface area contributed by atoms with Crippen LogP contribution in [0.1, 0.15) is 25.8 Å². The molecule has 0 radical (unpaired) electrons. The molecule has 7 nitrogen and oxygen atoms in total. The standard InChI is InChI=1S/C25H29N7/c1-18(2)13-21-16-30(24-15-28-22-9-4-5-10-23(22)29-24)11-12-31(21)25(27)32(17-26)20-8-6-7-19(3)14-20/h4-10,14-15,18,21,27H,11-13,16H2,1-3H3. The summed E-state index contributed by atoms with van der Waals surface area (Å²) in [6.07, 6.45) is 4.97. The maximum absolute atomic E-state index is 9.85. The van der Waals surface area contributed by atoms with Crippen molar-refractivity contribution >= 4 is 28.5 Å². The molecule has 0 amide bonds. The van der Waals surface area contributed by atoms with Gasteiger partial charge in [0, 0.05) is 25.7 Å². The quantitative estimate of drug-likeness (QED) is 0.288. The summed E-state index contributed by atoms with van der Waals surface area (Å²) < 4.78 is 0. The van der Waals surface area contributed by atoms with E-state index in [2.05, 4.69) is 34.8 Å². The van der Waals surface area contributed by atoms with Gasteiger partial charge < -0.3 is 9.80 Å². The van der Waals surface area contributed by atoms with Crippen LogP contribution in [-0.4, -0.2) is 46.5 Å². The fraction of sp³-hybridized carbons (Fsp3) is 0.360. The van der Waals surface area contributed by atoms with Gasteiger partial charge in [0.05, 0.1) is 22.9 Å². The molecule has 4 rings (SSSR count). The lowest BCUT2D eigenvalue weighted by atomic mass is 10.00. The van der Waals surface area contributed by atoms with Crippen LogP contribution in [0.3, 0.4) is 0 Å². The molecule has 32 heavy (non-hydrogen) atoms. The maximum atomic E-state index is 9.85. The second kappa shape index (κ2) is 9.23. The molecule has 0 aliphatic carbocycles. The highest BCUT2D eigenvalue weighted by molar-refractivity contribution is 5.96. The van der Waals surface area contributed by atoms with Gasteiger partial charge in [0.15, 0.2) is 6.19 Å². The number of benzene rings is 2. The van der Waals surface area contributed by atoms with Crippen molar-refractivity contribution in [3.8, 4) is 6.19 Å². The molecule has 1 aromatic heterocycles. The number of piperazine rings is 1. The Morgan fingerprint density at radius 3 is 2.69 bits per heavy atom. The molecule has 1 aliphatic rings. The molecule has 3 aromatic rings. The van der Waals surface area contributed by atoms with E-state index in [0.717, 1.165) is 47.6 Å². The average molecular weight is 428 g/mol. The minimum atomic E-state index is 0.102. The number of hydrogen-bond acceptors (Lipinski definition) is 5. The summed E-state index contributed by atoms with van der Waals surface area (Å²) in [6, 6.07) is 15.7. The summed E-state index contributed by atoms with van der Waals surface area (Å²) in [4.78, 5) is 15.1. The van der Waals surface area contributed by atoms with E-state index in [0.29, 0.717) is 12.5 Å². The Bertz CT molecular complexity index is 1150. The van der Waals surface area contributed by atoms with Crippen molar-refractivity contribution in [1.29, 1.82) is 10.7 Å². The Hall–Kier alpha value is -3.66. The molecular formula is C25H29N7. The molecule has 164 valence electrons. The van der Waals surface area contributed by atoms with Crippen molar-refractivity contribution in [3.63, 3.8) is 0 Å². The minimum Gasteiger partial charge on any atom is -0.351 e. The van der Waals surface area contributed by atoms with E-state index in [1.807, 2.05) is 61.7 Å². The summed E-state index contributed by atoms with van der Waals surface area (Å²) in [5, 5.41) is 18.7. The number of guanidine groups is 1. The molecule has 1 fully saturated rings. The van der Waals surface area contributed by atoms with Crippen LogP contribution in [0.15, 0.2) is 54.7 Å². The first-order valence-corrected chi connectivity index (χ1v) is 11.0. The Morgan fingerprint density at radius 1 is 1.19 bits per heavy atom. The van der Waals surface area contributed by atoms with Gasteiger partial charge in [0.25, 0.3) is 0 Å². The third-order valence-corrected chi connectivity index (χ3v) is 5.83. The van der Waals surface area contributed by atoms with Gasteiger partial charge in [-0.15, -0.1) is 0 Å². The number of hydrogen-bond donors (Lipinski definition) is 1. The number of nitrogens with one attached hydrogen (secondary N) is 1. The van der Waals surface area contributed by atoms with Gasteiger partial charge in [0.2, 0.25) is 5.96 Å². The maximum Gasteiger partial charge on any atom is 0.212 e. The predicted octanol–water partition coefficient (Wildman–Crippen LogP) is 4.40. The first kappa shape index (κ1) is 21.6. The molecular weight excluding hydrogens is 398 g/mol. The Balaban J connectivity index is 1.58. The van der Waals surface area contributed by atoms with Crippen LogP contribution in [0.4, 0.5) is 11.5 Å². The van der Waals surface area contributed by atoms with Gasteiger partial charge in [-0.25, -0.2) is 9.88 Å². The summed E-state index contributed by atoms with van der Waals surface area (Å²) in [5.41, 5.74) is 3.56. The van der Waals surface area contributed by atoms with Crippen molar-refractivity contribution in [1.82, 2.24) is 14.9 Å². The lowest BCUT2D eigenvalue weighted by Crippen LogP contribution is -2.58. The zero-order valence-corrected chi connectivity index (χ0v) is 18.9. The number of aryl methyl sites for hydroxylation is 1. The van der Waals surface area contributed by atoms with Gasteiger partial charge in [-0.1, -0.05) is 38.1 Å². The Morgan fingerprint density at radius 2 is 1.97 bits per heavy atom. The molecule has 1 saturated heterocycles. The third-order valence-electron chi connectivity index (χ3n) is 5.83. The van der Waals surface area contributed by atoms with Gasteiger partial charge in [-0.3, -0.25) is 10.4 Å². The van der Waals surface area contributed by atoms with Gasteiger partial charge in [-0.2, -0.15) is 5.26 Å². The van der Waals surface area contributed by atoms with E-state index < -0.39 is 0 Å². The largest absolute Gasteiger partial charge is 0.351 e. The highest BCUT2D eigenvalue weighted by Gasteiger charge is 2.32. The summed E-state index contributed by atoms with van der Waals surface area (Å²) in [5.74, 6) is 1.56. The monoisotopic (exact) mass is 427 g/mol. The first-order chi connectivity index (χ1) is 15.5. The second-order valence-corrected chi connectivity index (χ2v) is 8.74. The van der Waals surface area contributed by atoms with Crippen molar-refractivity contribution < 1.29 is 0 Å². The fourth-order valence-electron chi connectivity index (χ4n) is 4.31. The van der Waals surface area contributed by atoms with E-state index in [1.165, 1.54) is 4.90 Å². The molecule has 1 N–H and O–H groups in total. The molecule has 1 unspecified atom stereocenters. The minimum absolute atomic E-state index is 0.102. The van der Waals surface area contributed by atoms with Crippen LogP contribution in [0.25, 0.3) is 11.0 Å². The van der Waals surface area contributed by atoms with Crippen molar-refractivity contribution in [2.45, 2.75) is 33.2 Å². The topological polar surface area (TPSA) is 83.1 Å². The molecule has 2 heterocycles. The molecule has 0 bridgehead atoms. The zero-order valence-electron chi connectivity index (χ0n) is 18.9. The van der Waals surface area contributed by atoms with Gasteiger partial charge in [-0.05, 0) is 49.1 Å². The lowest BCUT2D eigenvalue weighted by Gasteiger charge is -2.44. The van der Waals surface area contributed by atoms with Crippen molar-refractivity contribution in [2.75, 3.05) is 29.4 Å². The Kier molecular flexibility index (Phi) is 6.22. The van der Waals surface area contributed by atoms with Crippen molar-refractivity contribution in [2.24, 2.45) is 5.92 Å². The number of nitrogens with zero attached hydrogens (tertiary/aromatic N) is 6. The van der Waals surface area contributed by atoms with E-state index in [-0.39, 0.29) is 12.0 Å². The smallest absolute Gasteiger partial charge is 0.212 e. The molecule has 0 spiro atoms. The highest BCUT2D eigenvalue weighted by atomic mass is 15.4. The number of rotatable bonds is 4. The molecule has 1 atom stereocenters. The second-order valence-electron chi connectivity index (χ2n) is 8.74. The number of para-hydroxylation sites is 2. The lowest BCUT2D eigenvalue weighted by molar-refractivity contribution is 0.242. The van der Waals surface area contributed by atoms with Crippen LogP contribution in [0.2, 0.25) is 0 Å². The molecule has 7 heteroatoms. The SMILES string of the molecule is Cc1cccc(N(C#N)C(=N)N2CCN(c3cnc4ccccc4n3)CC2CC(C)C)c1. The predicted molar refractivity (Wildman–Crippen MR) is 129 cm³/mol. The molecule has 0 saturated carbocycles. The van der Waals surface area contributed by atoms with Crippen LogP contribution in [-0.2, 0) is 0 Å². The molecule has 2 aromatic carbocycles. The number of aromatic nitrogens is 2. The van der Waals surface area contributed by atoms with Gasteiger partial charge in [0.1, 0.15) is 5.82 Å². The molecule has 1 aliphatic heterocycles. The van der Waals surface area contributed by atoms with E-state index in [4.69, 9.17) is 10.4 Å². The van der Waals surface area contributed by atoms with Gasteiger partial charge >= 0.3 is 0 Å². The highest BCUT2D eigenvalue weighted by Crippen LogP contribution is 2.25. The van der Waals surface area contributed by atoms with E-state index in [9.17, 15) is 5.26 Å². The number of nitriles is 1. The van der Waals surface area contributed by atoms with Crippen LogP contribution >= 0.6 is 0 Å². The van der Waals surface area contributed by atoms with Crippen LogP contribution < -0.4 is 9.80 Å². The van der Waals surface area contributed by atoms with Crippen molar-refractivity contribution in [3.05, 3.63) is 60.3 Å². The third kappa shape index (κ3) is 4.50. The number of anilines is 2. The number of fused-ring (bicyclic) bond motifs is 1. The summed E-state index contributed by atoms with van der Waals surface area (Å²) in [6.45, 7) is 8.48. The zero-order chi connectivity index (χ0) is 22.7. The summed E-state index contributed by atoms with van der Waals surface area (Å²) in [7, 11) is 0. The Labute approximate surface area is 189 Å². The average Bonchev–Trinajstić information content (AvgIpc) is 2.79. The normalized spacial score (nSPS) is 16.3.